The van der Waals surface area contributed by atoms with E-state index in [1.165, 1.54) is 54.4 Å². The second-order valence-corrected chi connectivity index (χ2v) is 10.7. The minimum Gasteiger partial charge on any atom is -0.442 e. The van der Waals surface area contributed by atoms with Gasteiger partial charge in [-0.3, -0.25) is 4.99 Å². The van der Waals surface area contributed by atoms with Gasteiger partial charge in [-0.05, 0) is 67.5 Å². The largest absolute Gasteiger partial charge is 0.442 e. The third-order valence-corrected chi connectivity index (χ3v) is 8.59. The van der Waals surface area contributed by atoms with E-state index in [1.54, 1.807) is 0 Å². The van der Waals surface area contributed by atoms with Crippen LogP contribution < -0.4 is 9.88 Å². The Hall–Kier alpha value is -3.66. The standard InChI is InChI=1S/C33H36N3O/c1-5-30-28-14-10-9-13-27(28)29-16-15-26-20-34-23(4)37-22(3)32(26)31-19-25(24-11-7-6-8-12-24)17-18-36(31)21(2)33(29)35-30/h5,9-10,13-14,17-19,24,29,33-34H,1-4,6-8,11-12,15-16,20H2/q+1. The molecule has 0 spiro atoms. The van der Waals surface area contributed by atoms with Crippen molar-refractivity contribution in [3.05, 3.63) is 115 Å². The van der Waals surface area contributed by atoms with Crippen LogP contribution in [0.25, 0.3) is 11.3 Å². The maximum atomic E-state index is 6.06. The molecule has 1 saturated carbocycles. The molecule has 1 fully saturated rings. The van der Waals surface area contributed by atoms with Gasteiger partial charge in [-0.2, -0.15) is 4.57 Å². The zero-order chi connectivity index (χ0) is 25.5. The van der Waals surface area contributed by atoms with Crippen LogP contribution in [0.15, 0.2) is 97.2 Å². The summed E-state index contributed by atoms with van der Waals surface area (Å²) >= 11 is 0. The van der Waals surface area contributed by atoms with E-state index >= 15 is 0 Å². The van der Waals surface area contributed by atoms with Gasteiger partial charge >= 0.3 is 0 Å². The van der Waals surface area contributed by atoms with Crippen LogP contribution in [0.4, 0.5) is 0 Å². The van der Waals surface area contributed by atoms with E-state index in [0.29, 0.717) is 24.1 Å². The van der Waals surface area contributed by atoms with Crippen LogP contribution >= 0.6 is 0 Å². The molecule has 1 aromatic heterocycles. The van der Waals surface area contributed by atoms with Gasteiger partial charge in [0, 0.05) is 30.2 Å². The highest BCUT2D eigenvalue weighted by Crippen LogP contribution is 2.42. The molecular weight excluding hydrogens is 454 g/mol. The number of hydrogen-bond donors (Lipinski definition) is 1. The number of allylic oxidation sites excluding steroid dienone is 2. The Bertz CT molecular complexity index is 1370. The van der Waals surface area contributed by atoms with Crippen molar-refractivity contribution in [2.24, 2.45) is 4.99 Å². The molecule has 4 heteroatoms. The number of rotatable bonds is 2. The van der Waals surface area contributed by atoms with Crippen LogP contribution in [-0.2, 0) is 4.74 Å². The van der Waals surface area contributed by atoms with E-state index in [0.717, 1.165) is 35.5 Å². The Balaban J connectivity index is 1.55. The summed E-state index contributed by atoms with van der Waals surface area (Å²) in [5, 5.41) is 3.36. The highest BCUT2D eigenvalue weighted by atomic mass is 16.5. The first-order valence-electron chi connectivity index (χ1n) is 13.6. The van der Waals surface area contributed by atoms with Crippen molar-refractivity contribution in [1.29, 1.82) is 0 Å². The fourth-order valence-electron chi connectivity index (χ4n) is 6.70. The number of hydrogen-bond acceptors (Lipinski definition) is 3. The van der Waals surface area contributed by atoms with Crippen LogP contribution in [-0.4, -0.2) is 18.3 Å². The first-order chi connectivity index (χ1) is 18.0. The number of benzene rings is 1. The number of pyridine rings is 1. The number of ether oxygens (including phenoxy) is 1. The fraction of sp³-hybridized carbons (Fsp3) is 0.333. The number of aliphatic imine (C=N–C) groups is 1. The third kappa shape index (κ3) is 4.19. The number of fused-ring (bicyclic) bond motifs is 5. The normalized spacial score (nSPS) is 24.0. The average Bonchev–Trinajstić information content (AvgIpc) is 3.04. The predicted molar refractivity (Wildman–Crippen MR) is 151 cm³/mol. The van der Waals surface area contributed by atoms with Crippen LogP contribution in [0, 0.1) is 0 Å². The summed E-state index contributed by atoms with van der Waals surface area (Å²) in [6.45, 7) is 17.8. The van der Waals surface area contributed by atoms with Gasteiger partial charge in [0.15, 0.2) is 12.1 Å². The molecule has 37 heavy (non-hydrogen) atoms. The highest BCUT2D eigenvalue weighted by Gasteiger charge is 2.40. The van der Waals surface area contributed by atoms with Crippen molar-refractivity contribution in [2.45, 2.75) is 62.8 Å². The summed E-state index contributed by atoms with van der Waals surface area (Å²) in [5.41, 5.74) is 9.28. The zero-order valence-electron chi connectivity index (χ0n) is 21.6. The predicted octanol–water partition coefficient (Wildman–Crippen LogP) is 6.79. The first kappa shape index (κ1) is 23.7. The maximum Gasteiger partial charge on any atom is 0.222 e. The lowest BCUT2D eigenvalue weighted by molar-refractivity contribution is -0.586. The molecule has 0 amide bonds. The van der Waals surface area contributed by atoms with Crippen LogP contribution in [0.5, 0.6) is 0 Å². The van der Waals surface area contributed by atoms with Crippen molar-refractivity contribution in [2.75, 3.05) is 6.54 Å². The molecule has 2 atom stereocenters. The van der Waals surface area contributed by atoms with E-state index in [9.17, 15) is 0 Å². The molecule has 1 aliphatic carbocycles. The van der Waals surface area contributed by atoms with Gasteiger partial charge in [-0.25, -0.2) is 0 Å². The van der Waals surface area contributed by atoms with Gasteiger partial charge in [0.2, 0.25) is 11.4 Å². The SMILES string of the molecule is C=CC1=NC2C(=C)[n+]3ccc(C4CCCCC4)cc3C3=C(CCC2c2ccccc21)CNC(=C)OC3=C. The molecule has 4 nitrogen and oxygen atoms in total. The van der Waals surface area contributed by atoms with Crippen molar-refractivity contribution in [1.82, 2.24) is 5.32 Å². The second kappa shape index (κ2) is 9.66. The summed E-state index contributed by atoms with van der Waals surface area (Å²) in [4.78, 5) is 5.24. The molecule has 2 aromatic rings. The summed E-state index contributed by atoms with van der Waals surface area (Å²) in [5.74, 6) is 2.01. The fourth-order valence-corrected chi connectivity index (χ4v) is 6.70. The Labute approximate surface area is 220 Å². The molecule has 188 valence electrons. The second-order valence-electron chi connectivity index (χ2n) is 10.7. The van der Waals surface area contributed by atoms with Crippen LogP contribution in [0.1, 0.15) is 79.2 Å². The monoisotopic (exact) mass is 490 g/mol. The molecule has 0 radical (unpaired) electrons. The van der Waals surface area contributed by atoms with E-state index in [2.05, 4.69) is 78.8 Å². The topological polar surface area (TPSA) is 37.5 Å². The quantitative estimate of drug-likeness (QED) is 0.471. The smallest absolute Gasteiger partial charge is 0.222 e. The summed E-state index contributed by atoms with van der Waals surface area (Å²) in [6.07, 6.45) is 12.4. The molecule has 0 saturated heterocycles. The van der Waals surface area contributed by atoms with E-state index in [-0.39, 0.29) is 12.0 Å². The van der Waals surface area contributed by atoms with E-state index in [4.69, 9.17) is 9.73 Å². The molecule has 3 aliphatic heterocycles. The molecule has 4 heterocycles. The molecule has 1 aromatic carbocycles. The number of aromatic nitrogens is 1. The van der Waals surface area contributed by atoms with Crippen molar-refractivity contribution >= 4 is 17.0 Å². The lowest BCUT2D eigenvalue weighted by atomic mass is 9.79. The molecular formula is C33H36N3O+. The Morgan fingerprint density at radius 2 is 1.84 bits per heavy atom. The minimum absolute atomic E-state index is 0.0761. The van der Waals surface area contributed by atoms with E-state index in [1.807, 2.05) is 6.08 Å². The van der Waals surface area contributed by atoms with Crippen LogP contribution in [0.3, 0.4) is 0 Å². The lowest BCUT2D eigenvalue weighted by Gasteiger charge is -2.30. The maximum absolute atomic E-state index is 6.06. The van der Waals surface area contributed by atoms with Gasteiger partial charge in [0.25, 0.3) is 0 Å². The van der Waals surface area contributed by atoms with Gasteiger partial charge in [-0.1, -0.05) is 56.7 Å². The average molecular weight is 491 g/mol. The minimum atomic E-state index is -0.0761. The first-order valence-corrected chi connectivity index (χ1v) is 13.6. The molecule has 1 N–H and O–H groups in total. The van der Waals surface area contributed by atoms with Crippen molar-refractivity contribution in [3.63, 3.8) is 0 Å². The molecule has 6 rings (SSSR count). The van der Waals surface area contributed by atoms with Gasteiger partial charge in [-0.15, -0.1) is 0 Å². The number of nitrogens with one attached hydrogen (secondary N) is 1. The highest BCUT2D eigenvalue weighted by molar-refractivity contribution is 6.10. The van der Waals surface area contributed by atoms with Gasteiger partial charge in [0.1, 0.15) is 11.8 Å². The molecule has 2 unspecified atom stereocenters. The number of nitrogens with zero attached hydrogens (tertiary/aromatic N) is 2. The zero-order valence-corrected chi connectivity index (χ0v) is 21.6. The summed E-state index contributed by atoms with van der Waals surface area (Å²) < 4.78 is 8.30. The molecule has 4 aliphatic rings. The third-order valence-electron chi connectivity index (χ3n) is 8.59. The van der Waals surface area contributed by atoms with Crippen LogP contribution in [0.2, 0.25) is 0 Å². The summed E-state index contributed by atoms with van der Waals surface area (Å²) in [7, 11) is 0. The van der Waals surface area contributed by atoms with Gasteiger partial charge < -0.3 is 10.1 Å². The Morgan fingerprint density at radius 3 is 2.65 bits per heavy atom. The van der Waals surface area contributed by atoms with Crippen molar-refractivity contribution < 1.29 is 9.30 Å². The Kier molecular flexibility index (Phi) is 6.19. The molecule has 0 bridgehead atoms. The lowest BCUT2D eigenvalue weighted by Crippen LogP contribution is -2.43. The Morgan fingerprint density at radius 1 is 1.03 bits per heavy atom. The van der Waals surface area contributed by atoms with E-state index < -0.39 is 0 Å². The summed E-state index contributed by atoms with van der Waals surface area (Å²) in [6, 6.07) is 13.2. The van der Waals surface area contributed by atoms with Crippen molar-refractivity contribution in [3.8, 4) is 0 Å². The van der Waals surface area contributed by atoms with Gasteiger partial charge in [0.05, 0.1) is 11.3 Å².